The van der Waals surface area contributed by atoms with E-state index in [1.807, 2.05) is 0 Å². The molecule has 6 rings (SSSR count). The largest absolute Gasteiger partial charge is 2.00 e. The molecule has 0 bridgehead atoms. The second-order valence-electron chi connectivity index (χ2n) is 10.6. The molecule has 0 heterocycles. The monoisotopic (exact) mass is 588 g/mol. The summed E-state index contributed by atoms with van der Waals surface area (Å²) in [5.74, 6) is 0. The summed E-state index contributed by atoms with van der Waals surface area (Å²) >= 11 is 0. The summed E-state index contributed by atoms with van der Waals surface area (Å²) in [5, 5.41) is 4.49. The van der Waals surface area contributed by atoms with Gasteiger partial charge in [0, 0.05) is 11.2 Å². The van der Waals surface area contributed by atoms with E-state index in [2.05, 4.69) is 116 Å². The minimum Gasteiger partial charge on any atom is -0.288 e. The van der Waals surface area contributed by atoms with Crippen LogP contribution in [0.1, 0.15) is 71.1 Å². The molecule has 39 heavy (non-hydrogen) atoms. The van der Waals surface area contributed by atoms with E-state index in [1.165, 1.54) is 74.8 Å². The third-order valence-corrected chi connectivity index (χ3v) is 14.6. The van der Waals surface area contributed by atoms with Crippen LogP contribution in [0.25, 0.3) is 0 Å². The molecule has 2 atom stereocenters. The van der Waals surface area contributed by atoms with Crippen molar-refractivity contribution in [2.45, 2.75) is 88.1 Å². The van der Waals surface area contributed by atoms with E-state index >= 15 is 0 Å². The van der Waals surface area contributed by atoms with E-state index in [9.17, 15) is 0 Å². The Balaban J connectivity index is 0.000000530. The van der Waals surface area contributed by atoms with Crippen molar-refractivity contribution in [3.8, 4) is 0 Å². The number of rotatable bonds is 7. The number of allylic oxidation sites excluding steroid dienone is 9. The molecule has 2 radical (unpaired) electrons. The fourth-order valence-corrected chi connectivity index (χ4v) is 13.4. The summed E-state index contributed by atoms with van der Waals surface area (Å²) in [5.41, 5.74) is 15.5. The molecule has 1 aromatic rings. The van der Waals surface area contributed by atoms with E-state index in [1.54, 1.807) is 10.9 Å². The normalized spacial score (nSPS) is 21.4. The van der Waals surface area contributed by atoms with Gasteiger partial charge in [0.1, 0.15) is 0 Å². The number of hydrogen-bond donors (Lipinski definition) is 0. The summed E-state index contributed by atoms with van der Waals surface area (Å²) in [6.07, 6.45) is 35.6. The van der Waals surface area contributed by atoms with Crippen LogP contribution in [0.2, 0.25) is 0 Å². The Morgan fingerprint density at radius 1 is 0.897 bits per heavy atom. The van der Waals surface area contributed by atoms with E-state index < -0.39 is 7.92 Å². The fraction of sp³-hybridized carbons (Fsp3) is 0.389. The van der Waals surface area contributed by atoms with Gasteiger partial charge in [0.05, 0.1) is 0 Å². The summed E-state index contributed by atoms with van der Waals surface area (Å²) < 4.78 is 0. The average molecular weight is 588 g/mol. The van der Waals surface area contributed by atoms with Crippen LogP contribution >= 0.6 is 15.8 Å². The maximum absolute atomic E-state index is 3.82. The maximum Gasteiger partial charge on any atom is 2.00 e. The first kappa shape index (κ1) is 30.3. The molecule has 2 saturated carbocycles. The van der Waals surface area contributed by atoms with Gasteiger partial charge in [-0.25, -0.2) is 5.73 Å². The summed E-state index contributed by atoms with van der Waals surface area (Å²) in [7, 11) is -0.551. The molecule has 0 aliphatic heterocycles. The smallest absolute Gasteiger partial charge is 0.288 e. The summed E-state index contributed by atoms with van der Waals surface area (Å²) in [6.45, 7) is 2.59. The van der Waals surface area contributed by atoms with Crippen LogP contribution in [0, 0.1) is 25.0 Å². The standard InChI is InChI=1S/C31H38P2.C5.Fe/c1-25(32(26-15-6-2-7-16-26)27-17-8-3-9-18-27)30-23-14-24-31(30)33(28-19-10-4-11-20-28)29-21-12-5-13-22-29;1-2-4-5-3-1;/h4-5,10-14,19-22,24-27H,2-3,6-9,15-18H2,1H3;;/q2*-1;+2/t25-;;/m1../s1. The number of hydrogen-bond acceptors (Lipinski definition) is 0. The average Bonchev–Trinajstić information content (AvgIpc) is 3.72. The first-order valence-corrected chi connectivity index (χ1v) is 17.3. The Labute approximate surface area is 250 Å². The second-order valence-corrected chi connectivity index (χ2v) is 15.9. The predicted octanol–water partition coefficient (Wildman–Crippen LogP) is 9.80. The third-order valence-electron chi connectivity index (χ3n) is 8.20. The van der Waals surface area contributed by atoms with Crippen molar-refractivity contribution in [2.75, 3.05) is 0 Å². The fourth-order valence-electron chi connectivity index (χ4n) is 6.48. The molecule has 0 amide bonds. The summed E-state index contributed by atoms with van der Waals surface area (Å²) in [6, 6.07) is 11.2. The molecule has 5 aliphatic carbocycles. The van der Waals surface area contributed by atoms with Gasteiger partial charge in [0.2, 0.25) is 0 Å². The molecule has 200 valence electrons. The molecule has 2 fully saturated rings. The van der Waals surface area contributed by atoms with Gasteiger partial charge in [-0.05, 0) is 67.7 Å². The molecule has 5 aliphatic rings. The first-order chi connectivity index (χ1) is 18.8. The van der Waals surface area contributed by atoms with Gasteiger partial charge in [-0.1, -0.05) is 83.7 Å². The third kappa shape index (κ3) is 7.94. The van der Waals surface area contributed by atoms with Crippen molar-refractivity contribution >= 4 is 21.1 Å². The van der Waals surface area contributed by atoms with Crippen LogP contribution in [0.4, 0.5) is 0 Å². The Morgan fingerprint density at radius 2 is 1.59 bits per heavy atom. The Kier molecular flexibility index (Phi) is 12.3. The topological polar surface area (TPSA) is 0 Å². The molecule has 0 spiro atoms. The van der Waals surface area contributed by atoms with Crippen molar-refractivity contribution in [2.24, 2.45) is 0 Å². The molecule has 0 saturated heterocycles. The molecule has 0 N–H and O–H groups in total. The van der Waals surface area contributed by atoms with Crippen molar-refractivity contribution in [3.63, 3.8) is 0 Å². The molecule has 1 aromatic carbocycles. The van der Waals surface area contributed by atoms with Gasteiger partial charge in [0.25, 0.3) is 0 Å². The Bertz CT molecular complexity index is 1210. The molecular weight excluding hydrogens is 550 g/mol. The van der Waals surface area contributed by atoms with Crippen molar-refractivity contribution < 1.29 is 17.1 Å². The minimum atomic E-state index is -0.543. The zero-order chi connectivity index (χ0) is 26.0. The van der Waals surface area contributed by atoms with E-state index in [0.717, 1.165) is 11.3 Å². The van der Waals surface area contributed by atoms with Crippen LogP contribution in [0.15, 0.2) is 99.8 Å². The zero-order valence-corrected chi connectivity index (χ0v) is 25.9. The molecular formula is C36H38FeP2. The zero-order valence-electron chi connectivity index (χ0n) is 23.0. The van der Waals surface area contributed by atoms with E-state index in [4.69, 9.17) is 0 Å². The molecule has 3 heteroatoms. The van der Waals surface area contributed by atoms with E-state index in [0.29, 0.717) is 5.66 Å². The Hall–Kier alpha value is -1.71. The van der Waals surface area contributed by atoms with Gasteiger partial charge in [0.15, 0.2) is 0 Å². The first-order valence-electron chi connectivity index (χ1n) is 14.4. The van der Waals surface area contributed by atoms with E-state index in [-0.39, 0.29) is 25.0 Å². The van der Waals surface area contributed by atoms with Crippen LogP contribution in [-0.2, 0) is 17.1 Å². The Morgan fingerprint density at radius 3 is 2.13 bits per heavy atom. The van der Waals surface area contributed by atoms with Crippen molar-refractivity contribution in [1.29, 1.82) is 0 Å². The maximum atomic E-state index is 3.82. The second kappa shape index (κ2) is 15.9. The predicted molar refractivity (Wildman–Crippen MR) is 166 cm³/mol. The quantitative estimate of drug-likeness (QED) is 0.129. The molecule has 0 aromatic heterocycles. The van der Waals surface area contributed by atoms with Gasteiger partial charge in [-0.2, -0.15) is 24.6 Å². The summed E-state index contributed by atoms with van der Waals surface area (Å²) in [4.78, 5) is 0. The van der Waals surface area contributed by atoms with Gasteiger partial charge in [-0.15, -0.1) is 29.6 Å². The van der Waals surface area contributed by atoms with Crippen LogP contribution < -0.4 is 5.30 Å². The van der Waals surface area contributed by atoms with Crippen molar-refractivity contribution in [3.05, 3.63) is 125 Å². The molecule has 1 unspecified atom stereocenters. The number of benzene rings is 1. The molecule has 0 nitrogen and oxygen atoms in total. The van der Waals surface area contributed by atoms with Crippen molar-refractivity contribution in [1.82, 2.24) is 0 Å². The van der Waals surface area contributed by atoms with Gasteiger partial charge >= 0.3 is 17.1 Å². The van der Waals surface area contributed by atoms with Crippen LogP contribution in [0.5, 0.6) is 0 Å². The van der Waals surface area contributed by atoms with Gasteiger partial charge < -0.3 is 0 Å². The van der Waals surface area contributed by atoms with Gasteiger partial charge in [-0.3, -0.25) is 11.5 Å². The minimum absolute atomic E-state index is 0. The van der Waals surface area contributed by atoms with Crippen LogP contribution in [0.3, 0.4) is 0 Å². The van der Waals surface area contributed by atoms with Crippen LogP contribution in [-0.4, -0.2) is 17.0 Å². The SMILES string of the molecule is C[C@H](C1=C=CC=C1P(C1=C[CH]C=C[CH-]1)c1ccccc1)P(C1CCCCC1)C1CCCCC1.[C]1=C=C=C=[C-]1.[Fe+2].